The number of aromatic carboxylic acids is 1. The van der Waals surface area contributed by atoms with Crippen LogP contribution in [-0.4, -0.2) is 39.8 Å². The van der Waals surface area contributed by atoms with Gasteiger partial charge in [-0.25, -0.2) is 9.31 Å². The number of nitrogens with two attached hydrogens (primary N) is 1. The lowest BCUT2D eigenvalue weighted by atomic mass is 10.1. The van der Waals surface area contributed by atoms with E-state index in [0.29, 0.717) is 0 Å². The smallest absolute Gasteiger partial charge is 0.339 e. The molecule has 1 aromatic carbocycles. The van der Waals surface area contributed by atoms with Gasteiger partial charge in [0.15, 0.2) is 5.65 Å². The van der Waals surface area contributed by atoms with Crippen molar-refractivity contribution >= 4 is 23.3 Å². The molecule has 2 heterocycles. The van der Waals surface area contributed by atoms with Crippen LogP contribution in [0.4, 0.5) is 11.6 Å². The number of hydrogen-bond donors (Lipinski definition) is 2. The van der Waals surface area contributed by atoms with Crippen molar-refractivity contribution in [3.8, 4) is 11.1 Å². The summed E-state index contributed by atoms with van der Waals surface area (Å²) in [4.78, 5) is 17.4. The van der Waals surface area contributed by atoms with Crippen molar-refractivity contribution in [3.05, 3.63) is 42.1 Å². The number of benzene rings is 1. The number of nitrogen functional groups attached to an aromatic ring is 1. The molecule has 7 heteroatoms. The SMILES string of the molecule is CN(C)c1ccc(-c2cc(C(=O)O)c3nc(N)nn3c2)cc1. The predicted octanol–water partition coefficient (Wildman–Crippen LogP) is 1.74. The van der Waals surface area contributed by atoms with Gasteiger partial charge in [-0.2, -0.15) is 4.98 Å². The third kappa shape index (κ3) is 2.32. The minimum atomic E-state index is -1.07. The van der Waals surface area contributed by atoms with Crippen LogP contribution in [0.25, 0.3) is 16.8 Å². The summed E-state index contributed by atoms with van der Waals surface area (Å²) in [5, 5.41) is 13.4. The summed E-state index contributed by atoms with van der Waals surface area (Å²) in [5.41, 5.74) is 8.55. The Morgan fingerprint density at radius 3 is 2.50 bits per heavy atom. The molecule has 7 nitrogen and oxygen atoms in total. The van der Waals surface area contributed by atoms with E-state index >= 15 is 0 Å². The number of aromatic nitrogens is 3. The van der Waals surface area contributed by atoms with Crippen molar-refractivity contribution in [2.75, 3.05) is 24.7 Å². The van der Waals surface area contributed by atoms with Gasteiger partial charge in [0.25, 0.3) is 0 Å². The van der Waals surface area contributed by atoms with Gasteiger partial charge in [-0.05, 0) is 23.8 Å². The molecule has 0 bridgehead atoms. The van der Waals surface area contributed by atoms with Crippen molar-refractivity contribution in [1.82, 2.24) is 14.6 Å². The Labute approximate surface area is 126 Å². The Hall–Kier alpha value is -3.09. The zero-order chi connectivity index (χ0) is 15.9. The van der Waals surface area contributed by atoms with Crippen molar-refractivity contribution in [2.24, 2.45) is 0 Å². The zero-order valence-corrected chi connectivity index (χ0v) is 12.2. The summed E-state index contributed by atoms with van der Waals surface area (Å²) in [5.74, 6) is -1.02. The summed E-state index contributed by atoms with van der Waals surface area (Å²) in [6.07, 6.45) is 1.72. The maximum absolute atomic E-state index is 11.4. The van der Waals surface area contributed by atoms with Gasteiger partial charge in [0.1, 0.15) is 5.56 Å². The number of pyridine rings is 1. The van der Waals surface area contributed by atoms with E-state index < -0.39 is 5.97 Å². The molecule has 22 heavy (non-hydrogen) atoms. The molecule has 0 saturated carbocycles. The fourth-order valence-electron chi connectivity index (χ4n) is 2.27. The van der Waals surface area contributed by atoms with E-state index in [1.165, 1.54) is 4.52 Å². The van der Waals surface area contributed by atoms with E-state index in [2.05, 4.69) is 10.1 Å². The van der Waals surface area contributed by atoms with Crippen molar-refractivity contribution in [2.45, 2.75) is 0 Å². The Bertz CT molecular complexity index is 852. The molecule has 0 spiro atoms. The van der Waals surface area contributed by atoms with Crippen LogP contribution in [-0.2, 0) is 0 Å². The number of fused-ring (bicyclic) bond motifs is 1. The third-order valence-corrected chi connectivity index (χ3v) is 3.40. The number of nitrogens with zero attached hydrogens (tertiary/aromatic N) is 4. The highest BCUT2D eigenvalue weighted by molar-refractivity contribution is 5.96. The predicted molar refractivity (Wildman–Crippen MR) is 84.1 cm³/mol. The standard InChI is InChI=1S/C15H15N5O2/c1-19(2)11-5-3-9(4-6-11)10-7-12(14(21)22)13-17-15(16)18-20(13)8-10/h3-8H,1-2H3,(H2,16,18)(H,21,22). The largest absolute Gasteiger partial charge is 0.478 e. The molecular weight excluding hydrogens is 282 g/mol. The lowest BCUT2D eigenvalue weighted by Gasteiger charge is -2.13. The first-order chi connectivity index (χ1) is 10.5. The molecule has 0 aliphatic carbocycles. The Morgan fingerprint density at radius 1 is 1.23 bits per heavy atom. The zero-order valence-electron chi connectivity index (χ0n) is 12.2. The average Bonchev–Trinajstić information content (AvgIpc) is 2.86. The number of carbonyl (C=O) groups is 1. The van der Waals surface area contributed by atoms with Crippen LogP contribution in [0.5, 0.6) is 0 Å². The number of hydrogen-bond acceptors (Lipinski definition) is 5. The molecule has 0 radical (unpaired) electrons. The van der Waals surface area contributed by atoms with Gasteiger partial charge in [-0.15, -0.1) is 5.10 Å². The molecule has 0 atom stereocenters. The number of carboxylic acids is 1. The van der Waals surface area contributed by atoms with Crippen LogP contribution < -0.4 is 10.6 Å². The molecule has 3 N–H and O–H groups in total. The molecule has 0 aliphatic heterocycles. The molecule has 3 aromatic rings. The molecular formula is C15H15N5O2. The van der Waals surface area contributed by atoms with Gasteiger partial charge >= 0.3 is 5.97 Å². The van der Waals surface area contributed by atoms with Crippen LogP contribution in [0.2, 0.25) is 0 Å². The fraction of sp³-hybridized carbons (Fsp3) is 0.133. The molecule has 3 rings (SSSR count). The van der Waals surface area contributed by atoms with Gasteiger partial charge in [0.05, 0.1) is 0 Å². The van der Waals surface area contributed by atoms with Gasteiger partial charge in [-0.1, -0.05) is 12.1 Å². The van der Waals surface area contributed by atoms with Gasteiger partial charge in [0.2, 0.25) is 5.95 Å². The minimum absolute atomic E-state index is 0.0441. The summed E-state index contributed by atoms with van der Waals surface area (Å²) in [7, 11) is 3.92. The van der Waals surface area contributed by atoms with E-state index in [-0.39, 0.29) is 17.2 Å². The van der Waals surface area contributed by atoms with E-state index in [9.17, 15) is 9.90 Å². The highest BCUT2D eigenvalue weighted by Gasteiger charge is 2.15. The average molecular weight is 297 g/mol. The Morgan fingerprint density at radius 2 is 1.91 bits per heavy atom. The Kier molecular flexibility index (Phi) is 3.17. The normalized spacial score (nSPS) is 10.8. The lowest BCUT2D eigenvalue weighted by molar-refractivity contribution is 0.0698. The molecule has 2 aromatic heterocycles. The molecule has 0 saturated heterocycles. The van der Waals surface area contributed by atoms with Crippen molar-refractivity contribution < 1.29 is 9.90 Å². The third-order valence-electron chi connectivity index (χ3n) is 3.40. The van der Waals surface area contributed by atoms with E-state index in [1.807, 2.05) is 43.3 Å². The second-order valence-electron chi connectivity index (χ2n) is 5.13. The van der Waals surface area contributed by atoms with E-state index in [4.69, 9.17) is 5.73 Å². The first-order valence-electron chi connectivity index (χ1n) is 6.62. The number of carboxylic acid groups (broad SMARTS) is 1. The number of rotatable bonds is 3. The quantitative estimate of drug-likeness (QED) is 0.764. The summed E-state index contributed by atoms with van der Waals surface area (Å²) >= 11 is 0. The molecule has 0 aliphatic rings. The fourth-order valence-corrected chi connectivity index (χ4v) is 2.27. The van der Waals surface area contributed by atoms with Crippen molar-refractivity contribution in [1.29, 1.82) is 0 Å². The van der Waals surface area contributed by atoms with Crippen molar-refractivity contribution in [3.63, 3.8) is 0 Å². The van der Waals surface area contributed by atoms with E-state index in [0.717, 1.165) is 16.8 Å². The summed E-state index contributed by atoms with van der Waals surface area (Å²) < 4.78 is 1.40. The van der Waals surface area contributed by atoms with Gasteiger partial charge in [-0.3, -0.25) is 0 Å². The first-order valence-corrected chi connectivity index (χ1v) is 6.62. The maximum Gasteiger partial charge on any atom is 0.339 e. The minimum Gasteiger partial charge on any atom is -0.478 e. The maximum atomic E-state index is 11.4. The highest BCUT2D eigenvalue weighted by Crippen LogP contribution is 2.25. The second-order valence-corrected chi connectivity index (χ2v) is 5.13. The van der Waals surface area contributed by atoms with Gasteiger partial charge < -0.3 is 15.7 Å². The highest BCUT2D eigenvalue weighted by atomic mass is 16.4. The topological polar surface area (TPSA) is 96.8 Å². The molecule has 0 unspecified atom stereocenters. The first kappa shape index (κ1) is 13.9. The number of anilines is 2. The monoisotopic (exact) mass is 297 g/mol. The van der Waals surface area contributed by atoms with Gasteiger partial charge in [0, 0.05) is 31.5 Å². The van der Waals surface area contributed by atoms with Crippen LogP contribution in [0.1, 0.15) is 10.4 Å². The lowest BCUT2D eigenvalue weighted by Crippen LogP contribution is -2.08. The molecule has 0 fully saturated rings. The van der Waals surface area contributed by atoms with E-state index in [1.54, 1.807) is 12.3 Å². The van der Waals surface area contributed by atoms with Crippen LogP contribution in [0.15, 0.2) is 36.5 Å². The molecule has 0 amide bonds. The van der Waals surface area contributed by atoms with Crippen LogP contribution >= 0.6 is 0 Å². The summed E-state index contributed by atoms with van der Waals surface area (Å²) in [6, 6.07) is 9.38. The molecule has 112 valence electrons. The van der Waals surface area contributed by atoms with Crippen LogP contribution in [0.3, 0.4) is 0 Å². The second kappa shape index (κ2) is 5.03. The Balaban J connectivity index is 2.16. The summed E-state index contributed by atoms with van der Waals surface area (Å²) in [6.45, 7) is 0. The van der Waals surface area contributed by atoms with Crippen LogP contribution in [0, 0.1) is 0 Å².